The number of rotatable bonds is 5. The molecular formula is C21H40N2O3S. The molecule has 0 saturated carbocycles. The quantitative estimate of drug-likeness (QED) is 0.624. The Bertz CT molecular complexity index is 547. The predicted octanol–water partition coefficient (Wildman–Crippen LogP) is 5.35. The van der Waals surface area contributed by atoms with Gasteiger partial charge in [-0.05, 0) is 58.0 Å². The molecule has 5 nitrogen and oxygen atoms in total. The zero-order valence-corrected chi connectivity index (χ0v) is 19.7. The van der Waals surface area contributed by atoms with Crippen LogP contribution >= 0.6 is 10.3 Å². The first-order valence-electron chi connectivity index (χ1n) is 9.88. The summed E-state index contributed by atoms with van der Waals surface area (Å²) in [6.45, 7) is 16.3. The maximum Gasteiger partial charge on any atom is 0.410 e. The van der Waals surface area contributed by atoms with E-state index in [1.165, 1.54) is 0 Å². The molecule has 0 radical (unpaired) electrons. The van der Waals surface area contributed by atoms with Gasteiger partial charge >= 0.3 is 6.09 Å². The van der Waals surface area contributed by atoms with Crippen molar-refractivity contribution in [2.45, 2.75) is 78.6 Å². The lowest BCUT2D eigenvalue weighted by molar-refractivity contribution is 0.0135. The molecule has 1 unspecified atom stereocenters. The minimum absolute atomic E-state index is 0.199. The third kappa shape index (κ3) is 7.19. The SMILES string of the molecule is CC(C(C)(C)C)S(C)(C)OCCC1(C#N)CCN(C(=O)OC(C)(C)C)CC1. The first kappa shape index (κ1) is 24.1. The summed E-state index contributed by atoms with van der Waals surface area (Å²) in [7, 11) is -1.19. The van der Waals surface area contributed by atoms with Gasteiger partial charge in [0.05, 0.1) is 18.1 Å². The van der Waals surface area contributed by atoms with Gasteiger partial charge in [0, 0.05) is 18.3 Å². The molecular weight excluding hydrogens is 360 g/mol. The summed E-state index contributed by atoms with van der Waals surface area (Å²) in [5.74, 6) is 0. The number of nitriles is 1. The molecule has 0 bridgehead atoms. The standard InChI is InChI=1S/C21H40N2O3S/c1-17(19(2,3)4)27(8,9)25-15-12-21(16-22)10-13-23(14-11-21)18(24)26-20(5,6)7/h17H,10-15H2,1-9H3. The van der Waals surface area contributed by atoms with Gasteiger partial charge in [-0.15, -0.1) is 10.3 Å². The van der Waals surface area contributed by atoms with E-state index in [-0.39, 0.29) is 11.5 Å². The minimum Gasteiger partial charge on any atom is -0.444 e. The smallest absolute Gasteiger partial charge is 0.410 e. The van der Waals surface area contributed by atoms with Crippen molar-refractivity contribution in [3.05, 3.63) is 0 Å². The van der Waals surface area contributed by atoms with E-state index in [4.69, 9.17) is 8.92 Å². The molecule has 1 fully saturated rings. The highest BCUT2D eigenvalue weighted by atomic mass is 32.3. The molecule has 1 amide bonds. The van der Waals surface area contributed by atoms with E-state index in [9.17, 15) is 10.1 Å². The molecule has 0 aliphatic carbocycles. The Morgan fingerprint density at radius 1 is 1.19 bits per heavy atom. The van der Waals surface area contributed by atoms with Crippen molar-refractivity contribution >= 4 is 16.4 Å². The second kappa shape index (κ2) is 8.61. The first-order valence-corrected chi connectivity index (χ1v) is 12.3. The summed E-state index contributed by atoms with van der Waals surface area (Å²) in [5, 5.41) is 10.3. The molecule has 1 heterocycles. The first-order chi connectivity index (χ1) is 12.1. The van der Waals surface area contributed by atoms with Gasteiger partial charge in [-0.1, -0.05) is 27.7 Å². The number of piperidine rings is 1. The largest absolute Gasteiger partial charge is 0.444 e. The minimum atomic E-state index is -1.19. The van der Waals surface area contributed by atoms with E-state index in [1.54, 1.807) is 4.90 Å². The van der Waals surface area contributed by atoms with Crippen molar-refractivity contribution in [3.8, 4) is 6.07 Å². The Labute approximate surface area is 168 Å². The number of ether oxygens (including phenoxy) is 1. The van der Waals surface area contributed by atoms with E-state index in [2.05, 4.69) is 46.3 Å². The molecule has 158 valence electrons. The molecule has 0 spiro atoms. The molecule has 0 N–H and O–H groups in total. The van der Waals surface area contributed by atoms with Crippen LogP contribution in [0.4, 0.5) is 4.79 Å². The van der Waals surface area contributed by atoms with Crippen molar-refractivity contribution in [1.82, 2.24) is 4.90 Å². The highest BCUT2D eigenvalue weighted by molar-refractivity contribution is 8.29. The van der Waals surface area contributed by atoms with Crippen molar-refractivity contribution < 1.29 is 13.7 Å². The van der Waals surface area contributed by atoms with Gasteiger partial charge in [-0.2, -0.15) is 5.26 Å². The number of hydrogen-bond acceptors (Lipinski definition) is 4. The van der Waals surface area contributed by atoms with E-state index in [1.807, 2.05) is 20.8 Å². The van der Waals surface area contributed by atoms with E-state index in [0.717, 1.165) is 6.42 Å². The molecule has 1 rings (SSSR count). The van der Waals surface area contributed by atoms with Gasteiger partial charge in [0.1, 0.15) is 5.60 Å². The Morgan fingerprint density at radius 3 is 2.11 bits per heavy atom. The van der Waals surface area contributed by atoms with Crippen LogP contribution in [0, 0.1) is 22.2 Å². The lowest BCUT2D eigenvalue weighted by Gasteiger charge is -2.45. The van der Waals surface area contributed by atoms with Crippen LogP contribution in [0.3, 0.4) is 0 Å². The van der Waals surface area contributed by atoms with Gasteiger partial charge in [0.25, 0.3) is 0 Å². The van der Waals surface area contributed by atoms with E-state index < -0.39 is 21.3 Å². The van der Waals surface area contributed by atoms with Crippen LogP contribution in [-0.2, 0) is 8.92 Å². The highest BCUT2D eigenvalue weighted by Gasteiger charge is 2.38. The molecule has 1 saturated heterocycles. The lowest BCUT2D eigenvalue weighted by Crippen LogP contribution is -2.45. The number of likely N-dealkylation sites (tertiary alicyclic amines) is 1. The van der Waals surface area contributed by atoms with Crippen LogP contribution in [0.1, 0.15) is 67.7 Å². The fourth-order valence-electron chi connectivity index (χ4n) is 3.27. The predicted molar refractivity (Wildman–Crippen MR) is 114 cm³/mol. The summed E-state index contributed by atoms with van der Waals surface area (Å²) in [6, 6.07) is 2.52. The Hall–Kier alpha value is -0.930. The highest BCUT2D eigenvalue weighted by Crippen LogP contribution is 2.53. The Balaban J connectivity index is 2.58. The molecule has 1 aliphatic heterocycles. The molecule has 0 aromatic carbocycles. The van der Waals surface area contributed by atoms with Gasteiger partial charge in [0.2, 0.25) is 0 Å². The summed E-state index contributed by atoms with van der Waals surface area (Å²) >= 11 is 0. The van der Waals surface area contributed by atoms with Gasteiger partial charge < -0.3 is 13.8 Å². The second-order valence-electron chi connectivity index (χ2n) is 10.2. The maximum atomic E-state index is 12.2. The third-order valence-electron chi connectivity index (χ3n) is 5.65. The third-order valence-corrected chi connectivity index (χ3v) is 8.83. The van der Waals surface area contributed by atoms with Gasteiger partial charge in [-0.3, -0.25) is 0 Å². The van der Waals surface area contributed by atoms with Crippen LogP contribution in [-0.4, -0.2) is 54.1 Å². The average molecular weight is 401 g/mol. The monoisotopic (exact) mass is 400 g/mol. The summed E-state index contributed by atoms with van der Waals surface area (Å²) in [6.07, 6.45) is 6.22. The van der Waals surface area contributed by atoms with Gasteiger partial charge in [0.15, 0.2) is 0 Å². The van der Waals surface area contributed by atoms with Crippen molar-refractivity contribution in [3.63, 3.8) is 0 Å². The van der Waals surface area contributed by atoms with Crippen LogP contribution in [0.25, 0.3) is 0 Å². The Morgan fingerprint density at radius 2 is 1.70 bits per heavy atom. The topological polar surface area (TPSA) is 62.6 Å². The second-order valence-corrected chi connectivity index (χ2v) is 13.8. The maximum absolute atomic E-state index is 12.2. The van der Waals surface area contributed by atoms with Gasteiger partial charge in [-0.25, -0.2) is 4.79 Å². The number of carbonyl (C=O) groups is 1. The number of carbonyl (C=O) groups excluding carboxylic acids is 1. The fourth-order valence-corrected chi connectivity index (χ4v) is 5.69. The summed E-state index contributed by atoms with van der Waals surface area (Å²) in [4.78, 5) is 13.9. The van der Waals surface area contributed by atoms with Crippen LogP contribution in [0.2, 0.25) is 0 Å². The van der Waals surface area contributed by atoms with Crippen LogP contribution in [0.15, 0.2) is 0 Å². The van der Waals surface area contributed by atoms with Crippen molar-refractivity contribution in [1.29, 1.82) is 5.26 Å². The number of nitrogens with zero attached hydrogens (tertiary/aromatic N) is 2. The zero-order valence-electron chi connectivity index (χ0n) is 18.8. The van der Waals surface area contributed by atoms with Crippen LogP contribution < -0.4 is 0 Å². The zero-order chi connectivity index (χ0) is 21.1. The number of hydrogen-bond donors (Lipinski definition) is 0. The average Bonchev–Trinajstić information content (AvgIpc) is 2.52. The molecule has 1 aliphatic rings. The molecule has 0 aromatic heterocycles. The normalized spacial score (nSPS) is 19.9. The lowest BCUT2D eigenvalue weighted by atomic mass is 9.77. The molecule has 27 heavy (non-hydrogen) atoms. The van der Waals surface area contributed by atoms with E-state index in [0.29, 0.717) is 37.8 Å². The Kier molecular flexibility index (Phi) is 7.69. The van der Waals surface area contributed by atoms with Crippen molar-refractivity contribution in [2.75, 3.05) is 32.2 Å². The van der Waals surface area contributed by atoms with Crippen molar-refractivity contribution in [2.24, 2.45) is 10.8 Å². The molecule has 1 atom stereocenters. The summed E-state index contributed by atoms with van der Waals surface area (Å²) in [5.41, 5.74) is -0.698. The summed E-state index contributed by atoms with van der Waals surface area (Å²) < 4.78 is 11.8. The van der Waals surface area contributed by atoms with E-state index >= 15 is 0 Å². The molecule has 0 aromatic rings. The van der Waals surface area contributed by atoms with Crippen LogP contribution in [0.5, 0.6) is 0 Å². The fraction of sp³-hybridized carbons (Fsp3) is 0.905. The molecule has 6 heteroatoms. The number of amides is 1.